The first-order chi connectivity index (χ1) is 8.31. The van der Waals surface area contributed by atoms with Crippen molar-refractivity contribution < 1.29 is 0 Å². The molecule has 2 aromatic rings. The Morgan fingerprint density at radius 2 is 2.41 bits per heavy atom. The van der Waals surface area contributed by atoms with E-state index < -0.39 is 0 Å². The molecule has 0 saturated heterocycles. The largest absolute Gasteiger partial charge is 0.316 e. The van der Waals surface area contributed by atoms with Gasteiger partial charge in [-0.2, -0.15) is 0 Å². The molecular formula is C13H19N3S. The van der Waals surface area contributed by atoms with Crippen LogP contribution in [-0.2, 0) is 6.42 Å². The minimum absolute atomic E-state index is 0.513. The Balaban J connectivity index is 1.64. The van der Waals surface area contributed by atoms with Crippen molar-refractivity contribution in [2.45, 2.75) is 32.6 Å². The molecule has 0 aromatic carbocycles. The summed E-state index contributed by atoms with van der Waals surface area (Å²) in [6, 6.07) is 0. The summed E-state index contributed by atoms with van der Waals surface area (Å²) in [7, 11) is 0. The van der Waals surface area contributed by atoms with Crippen LogP contribution in [0.1, 0.15) is 31.9 Å². The van der Waals surface area contributed by atoms with Gasteiger partial charge < -0.3 is 5.32 Å². The summed E-state index contributed by atoms with van der Waals surface area (Å²) in [4.78, 5) is 5.80. The zero-order valence-electron chi connectivity index (χ0n) is 10.3. The van der Waals surface area contributed by atoms with Gasteiger partial charge in [-0.05, 0) is 37.6 Å². The number of hydrogen-bond acceptors (Lipinski definition) is 3. The number of imidazole rings is 1. The first-order valence-corrected chi connectivity index (χ1v) is 7.31. The lowest BCUT2D eigenvalue weighted by Gasteiger charge is -2.14. The molecule has 1 N–H and O–H groups in total. The summed E-state index contributed by atoms with van der Waals surface area (Å²) in [6.45, 7) is 4.52. The third kappa shape index (κ3) is 2.38. The molecule has 0 spiro atoms. The second-order valence-electron chi connectivity index (χ2n) is 5.18. The van der Waals surface area contributed by atoms with Gasteiger partial charge in [-0.25, -0.2) is 4.98 Å². The van der Waals surface area contributed by atoms with Crippen molar-refractivity contribution >= 4 is 16.3 Å². The fourth-order valence-corrected chi connectivity index (χ4v) is 3.09. The van der Waals surface area contributed by atoms with Crippen molar-refractivity contribution in [2.24, 2.45) is 5.41 Å². The maximum Gasteiger partial charge on any atom is 0.193 e. The van der Waals surface area contributed by atoms with Crippen LogP contribution < -0.4 is 5.32 Å². The van der Waals surface area contributed by atoms with Gasteiger partial charge in [0.25, 0.3) is 0 Å². The minimum atomic E-state index is 0.513. The number of aromatic nitrogens is 2. The Hall–Kier alpha value is -0.870. The molecule has 1 aliphatic carbocycles. The highest BCUT2D eigenvalue weighted by atomic mass is 32.1. The van der Waals surface area contributed by atoms with E-state index in [9.17, 15) is 0 Å². The molecule has 4 heteroatoms. The second-order valence-corrected chi connectivity index (χ2v) is 6.05. The number of nitrogens with zero attached hydrogens (tertiary/aromatic N) is 2. The average molecular weight is 249 g/mol. The third-order valence-corrected chi connectivity index (χ3v) is 4.35. The van der Waals surface area contributed by atoms with Gasteiger partial charge in [-0.1, -0.05) is 6.92 Å². The number of fused-ring (bicyclic) bond motifs is 1. The third-order valence-electron chi connectivity index (χ3n) is 3.58. The van der Waals surface area contributed by atoms with Crippen LogP contribution in [0.2, 0.25) is 0 Å². The van der Waals surface area contributed by atoms with Crippen LogP contribution in [-0.4, -0.2) is 22.5 Å². The highest BCUT2D eigenvalue weighted by molar-refractivity contribution is 7.15. The molecule has 2 aromatic heterocycles. The molecule has 17 heavy (non-hydrogen) atoms. The minimum Gasteiger partial charge on any atom is -0.316 e. The van der Waals surface area contributed by atoms with Crippen LogP contribution in [0.15, 0.2) is 17.8 Å². The van der Waals surface area contributed by atoms with Crippen LogP contribution in [0, 0.1) is 5.41 Å². The van der Waals surface area contributed by atoms with Crippen molar-refractivity contribution in [1.29, 1.82) is 0 Å². The summed E-state index contributed by atoms with van der Waals surface area (Å²) >= 11 is 1.71. The fraction of sp³-hybridized carbons (Fsp3) is 0.615. The topological polar surface area (TPSA) is 29.3 Å². The van der Waals surface area contributed by atoms with E-state index in [0.717, 1.165) is 24.5 Å². The first-order valence-electron chi connectivity index (χ1n) is 6.43. The zero-order valence-corrected chi connectivity index (χ0v) is 11.1. The van der Waals surface area contributed by atoms with E-state index in [2.05, 4.69) is 39.4 Å². The molecule has 1 fully saturated rings. The maximum atomic E-state index is 4.68. The molecule has 0 atom stereocenters. The normalized spacial score (nSPS) is 17.7. The van der Waals surface area contributed by atoms with Crippen molar-refractivity contribution in [1.82, 2.24) is 14.7 Å². The number of hydrogen-bond donors (Lipinski definition) is 1. The van der Waals surface area contributed by atoms with Gasteiger partial charge in [-0.15, -0.1) is 11.3 Å². The Labute approximate surface area is 106 Å². The van der Waals surface area contributed by atoms with Gasteiger partial charge >= 0.3 is 0 Å². The maximum absolute atomic E-state index is 4.68. The van der Waals surface area contributed by atoms with Crippen LogP contribution in [0.4, 0.5) is 0 Å². The zero-order chi connectivity index (χ0) is 11.7. The molecule has 0 aliphatic heterocycles. The number of rotatable bonds is 6. The highest BCUT2D eigenvalue weighted by Gasteiger charge is 2.42. The Morgan fingerprint density at radius 1 is 1.53 bits per heavy atom. The SMILES string of the molecule is CCCNCC1(Cc2cn3ccsc3n2)CC1. The van der Waals surface area contributed by atoms with Crippen LogP contribution in [0.3, 0.4) is 0 Å². The summed E-state index contributed by atoms with van der Waals surface area (Å²) in [5.41, 5.74) is 1.77. The quantitative estimate of drug-likeness (QED) is 0.798. The molecule has 0 unspecified atom stereocenters. The van der Waals surface area contributed by atoms with E-state index >= 15 is 0 Å². The smallest absolute Gasteiger partial charge is 0.193 e. The summed E-state index contributed by atoms with van der Waals surface area (Å²) in [5, 5.41) is 5.64. The van der Waals surface area contributed by atoms with E-state index in [0.29, 0.717) is 5.41 Å². The monoisotopic (exact) mass is 249 g/mol. The number of thiazole rings is 1. The molecule has 1 aliphatic rings. The van der Waals surface area contributed by atoms with Crippen molar-refractivity contribution in [3.8, 4) is 0 Å². The first kappa shape index (κ1) is 11.2. The van der Waals surface area contributed by atoms with Gasteiger partial charge in [-0.3, -0.25) is 4.40 Å². The Bertz CT molecular complexity index is 467. The summed E-state index contributed by atoms with van der Waals surface area (Å²) in [5.74, 6) is 0. The molecule has 92 valence electrons. The molecule has 0 amide bonds. The van der Waals surface area contributed by atoms with Crippen LogP contribution >= 0.6 is 11.3 Å². The van der Waals surface area contributed by atoms with Gasteiger partial charge in [0.05, 0.1) is 5.69 Å². The lowest BCUT2D eigenvalue weighted by atomic mass is 10.0. The molecule has 3 nitrogen and oxygen atoms in total. The van der Waals surface area contributed by atoms with Crippen molar-refractivity contribution in [3.05, 3.63) is 23.5 Å². The molecular weight excluding hydrogens is 230 g/mol. The summed E-state index contributed by atoms with van der Waals surface area (Å²) < 4.78 is 2.13. The lowest BCUT2D eigenvalue weighted by molar-refractivity contribution is 0.452. The van der Waals surface area contributed by atoms with Gasteiger partial charge in [0.1, 0.15) is 0 Å². The molecule has 2 heterocycles. The predicted molar refractivity (Wildman–Crippen MR) is 71.6 cm³/mol. The van der Waals surface area contributed by atoms with E-state index in [4.69, 9.17) is 0 Å². The number of nitrogens with one attached hydrogen (secondary N) is 1. The van der Waals surface area contributed by atoms with E-state index in [1.165, 1.54) is 25.0 Å². The molecule has 3 rings (SSSR count). The van der Waals surface area contributed by atoms with Gasteiger partial charge in [0, 0.05) is 24.3 Å². The highest BCUT2D eigenvalue weighted by Crippen LogP contribution is 2.47. The Kier molecular flexibility index (Phi) is 2.92. The van der Waals surface area contributed by atoms with Crippen molar-refractivity contribution in [2.75, 3.05) is 13.1 Å². The average Bonchev–Trinajstić information content (AvgIpc) is 2.74. The fourth-order valence-electron chi connectivity index (χ4n) is 2.37. The van der Waals surface area contributed by atoms with Crippen LogP contribution in [0.25, 0.3) is 4.96 Å². The lowest BCUT2D eigenvalue weighted by Crippen LogP contribution is -2.26. The standard InChI is InChI=1S/C13H19N3S/c1-2-5-14-10-13(3-4-13)8-11-9-16-6-7-17-12(16)15-11/h6-7,9,14H,2-5,8,10H2,1H3. The van der Waals surface area contributed by atoms with Crippen molar-refractivity contribution in [3.63, 3.8) is 0 Å². The molecule has 1 saturated carbocycles. The van der Waals surface area contributed by atoms with Gasteiger partial charge in [0.2, 0.25) is 0 Å². The summed E-state index contributed by atoms with van der Waals surface area (Å²) in [6.07, 6.45) is 9.34. The predicted octanol–water partition coefficient (Wildman–Crippen LogP) is 2.72. The second kappa shape index (κ2) is 4.42. The van der Waals surface area contributed by atoms with Gasteiger partial charge in [0.15, 0.2) is 4.96 Å². The molecule has 0 radical (unpaired) electrons. The Morgan fingerprint density at radius 3 is 3.12 bits per heavy atom. The van der Waals surface area contributed by atoms with Crippen LogP contribution in [0.5, 0.6) is 0 Å². The molecule has 0 bridgehead atoms. The van der Waals surface area contributed by atoms with E-state index in [-0.39, 0.29) is 0 Å². The van der Waals surface area contributed by atoms with E-state index in [1.807, 2.05) is 0 Å². The van der Waals surface area contributed by atoms with E-state index in [1.54, 1.807) is 11.3 Å².